The van der Waals surface area contributed by atoms with Crippen molar-refractivity contribution in [2.24, 2.45) is 5.92 Å². The average molecular weight is 409 g/mol. The van der Waals surface area contributed by atoms with Crippen LogP contribution in [0.4, 0.5) is 0 Å². The number of carbonyl (C=O) groups is 3. The van der Waals surface area contributed by atoms with Crippen molar-refractivity contribution in [1.29, 1.82) is 0 Å². The molecule has 2 aliphatic rings. The van der Waals surface area contributed by atoms with Crippen LogP contribution in [0.1, 0.15) is 41.8 Å². The third-order valence-electron chi connectivity index (χ3n) is 5.73. The largest absolute Gasteiger partial charge is 0.459 e. The molecule has 0 bridgehead atoms. The van der Waals surface area contributed by atoms with Crippen molar-refractivity contribution in [2.75, 3.05) is 13.1 Å². The van der Waals surface area contributed by atoms with Crippen LogP contribution in [0.15, 0.2) is 53.1 Å². The van der Waals surface area contributed by atoms with Crippen molar-refractivity contribution >= 4 is 17.7 Å². The first-order chi connectivity index (χ1) is 14.6. The molecule has 1 saturated carbocycles. The molecule has 3 amide bonds. The van der Waals surface area contributed by atoms with Crippen LogP contribution < -0.4 is 10.6 Å². The topological polar surface area (TPSA) is 91.7 Å². The predicted molar refractivity (Wildman–Crippen MR) is 111 cm³/mol. The normalized spacial score (nSPS) is 17.9. The highest BCUT2D eigenvalue weighted by atomic mass is 16.3. The van der Waals surface area contributed by atoms with Gasteiger partial charge in [0.1, 0.15) is 6.04 Å². The lowest BCUT2D eigenvalue weighted by Crippen LogP contribution is -2.53. The summed E-state index contributed by atoms with van der Waals surface area (Å²) in [6, 6.07) is 12.1. The second-order valence-corrected chi connectivity index (χ2v) is 8.08. The molecule has 7 heteroatoms. The van der Waals surface area contributed by atoms with E-state index >= 15 is 0 Å². The molecule has 30 heavy (non-hydrogen) atoms. The third-order valence-corrected chi connectivity index (χ3v) is 5.73. The number of likely N-dealkylation sites (tertiary alicyclic amines) is 1. The van der Waals surface area contributed by atoms with E-state index in [-0.39, 0.29) is 29.5 Å². The Labute approximate surface area is 175 Å². The van der Waals surface area contributed by atoms with Crippen molar-refractivity contribution in [3.05, 3.63) is 60.1 Å². The summed E-state index contributed by atoms with van der Waals surface area (Å²) in [5.41, 5.74) is 0.960. The summed E-state index contributed by atoms with van der Waals surface area (Å²) in [6.07, 6.45) is 5.29. The fourth-order valence-corrected chi connectivity index (χ4v) is 3.83. The molecule has 1 saturated heterocycles. The van der Waals surface area contributed by atoms with Crippen LogP contribution in [0.25, 0.3) is 0 Å². The molecule has 2 fully saturated rings. The number of nitrogens with one attached hydrogen (secondary N) is 2. The molecule has 0 spiro atoms. The Kier molecular flexibility index (Phi) is 6.16. The van der Waals surface area contributed by atoms with Gasteiger partial charge in [-0.25, -0.2) is 0 Å². The number of rotatable bonds is 7. The summed E-state index contributed by atoms with van der Waals surface area (Å²) >= 11 is 0. The number of carbonyl (C=O) groups excluding carboxylic acids is 3. The second-order valence-electron chi connectivity index (χ2n) is 8.08. The minimum absolute atomic E-state index is 0.000425. The Morgan fingerprint density at radius 2 is 1.73 bits per heavy atom. The molecule has 1 aliphatic carbocycles. The first-order valence-corrected chi connectivity index (χ1v) is 10.6. The van der Waals surface area contributed by atoms with Gasteiger partial charge in [0.2, 0.25) is 11.8 Å². The molecule has 2 aromatic rings. The molecule has 4 rings (SSSR count). The van der Waals surface area contributed by atoms with Crippen molar-refractivity contribution in [2.45, 2.75) is 44.2 Å². The number of hydrogen-bond acceptors (Lipinski definition) is 4. The van der Waals surface area contributed by atoms with Gasteiger partial charge in [-0.3, -0.25) is 14.4 Å². The van der Waals surface area contributed by atoms with E-state index in [9.17, 15) is 14.4 Å². The van der Waals surface area contributed by atoms with Gasteiger partial charge in [0.05, 0.1) is 6.26 Å². The molecular formula is C23H27N3O4. The zero-order chi connectivity index (χ0) is 20.9. The number of nitrogens with zero attached hydrogens (tertiary/aromatic N) is 1. The lowest BCUT2D eigenvalue weighted by molar-refractivity contribution is -0.133. The molecule has 2 N–H and O–H groups in total. The molecular weight excluding hydrogens is 382 g/mol. The summed E-state index contributed by atoms with van der Waals surface area (Å²) in [5, 5.41) is 5.87. The summed E-state index contributed by atoms with van der Waals surface area (Å²) < 4.78 is 5.15. The minimum Gasteiger partial charge on any atom is -0.459 e. The zero-order valence-corrected chi connectivity index (χ0v) is 16.9. The number of benzene rings is 1. The van der Waals surface area contributed by atoms with Crippen LogP contribution in [0.5, 0.6) is 0 Å². The van der Waals surface area contributed by atoms with Crippen molar-refractivity contribution in [1.82, 2.24) is 15.5 Å². The maximum atomic E-state index is 13.0. The van der Waals surface area contributed by atoms with Gasteiger partial charge in [0, 0.05) is 31.5 Å². The van der Waals surface area contributed by atoms with Crippen molar-refractivity contribution in [3.63, 3.8) is 0 Å². The first-order valence-electron chi connectivity index (χ1n) is 10.6. The van der Waals surface area contributed by atoms with E-state index in [1.54, 1.807) is 12.1 Å². The molecule has 1 aliphatic heterocycles. The SMILES string of the molecule is O=C(NC(Cc1ccccc1)C(=O)NC1CCN(C(=O)C2CC2)CC1)c1ccco1. The van der Waals surface area contributed by atoms with E-state index in [0.29, 0.717) is 19.5 Å². The highest BCUT2D eigenvalue weighted by Gasteiger charge is 2.35. The number of piperidine rings is 1. The Bertz CT molecular complexity index is 869. The van der Waals surface area contributed by atoms with Gasteiger partial charge in [0.25, 0.3) is 5.91 Å². The van der Waals surface area contributed by atoms with Gasteiger partial charge in [-0.15, -0.1) is 0 Å². The number of furan rings is 1. The minimum atomic E-state index is -0.712. The van der Waals surface area contributed by atoms with E-state index in [0.717, 1.165) is 31.2 Å². The Hall–Kier alpha value is -3.09. The molecule has 7 nitrogen and oxygen atoms in total. The van der Waals surface area contributed by atoms with Crippen LogP contribution in [0.3, 0.4) is 0 Å². The van der Waals surface area contributed by atoms with Gasteiger partial charge >= 0.3 is 0 Å². The van der Waals surface area contributed by atoms with Crippen LogP contribution in [0, 0.1) is 5.92 Å². The molecule has 1 aromatic carbocycles. The molecule has 2 heterocycles. The van der Waals surface area contributed by atoms with E-state index in [4.69, 9.17) is 4.42 Å². The van der Waals surface area contributed by atoms with E-state index in [2.05, 4.69) is 10.6 Å². The summed E-state index contributed by atoms with van der Waals surface area (Å²) in [7, 11) is 0. The van der Waals surface area contributed by atoms with Gasteiger partial charge in [-0.1, -0.05) is 30.3 Å². The third kappa shape index (κ3) is 5.09. The molecule has 1 atom stereocenters. The highest BCUT2D eigenvalue weighted by Crippen LogP contribution is 2.31. The van der Waals surface area contributed by atoms with E-state index in [1.807, 2.05) is 35.2 Å². The molecule has 1 aromatic heterocycles. The smallest absolute Gasteiger partial charge is 0.287 e. The van der Waals surface area contributed by atoms with Crippen LogP contribution >= 0.6 is 0 Å². The Balaban J connectivity index is 1.36. The summed E-state index contributed by atoms with van der Waals surface area (Å²) in [6.45, 7) is 1.34. The summed E-state index contributed by atoms with van der Waals surface area (Å²) in [4.78, 5) is 39.6. The van der Waals surface area contributed by atoms with Crippen LogP contribution in [-0.4, -0.2) is 47.8 Å². The van der Waals surface area contributed by atoms with Crippen molar-refractivity contribution < 1.29 is 18.8 Å². The second kappa shape index (κ2) is 9.15. The Morgan fingerprint density at radius 1 is 1.00 bits per heavy atom. The zero-order valence-electron chi connectivity index (χ0n) is 16.9. The van der Waals surface area contributed by atoms with Gasteiger partial charge < -0.3 is 20.0 Å². The maximum absolute atomic E-state index is 13.0. The Morgan fingerprint density at radius 3 is 2.37 bits per heavy atom. The molecule has 0 radical (unpaired) electrons. The highest BCUT2D eigenvalue weighted by molar-refractivity contribution is 5.95. The monoisotopic (exact) mass is 409 g/mol. The number of hydrogen-bond donors (Lipinski definition) is 2. The lowest BCUT2D eigenvalue weighted by Gasteiger charge is -2.33. The standard InChI is InChI=1S/C23H27N3O4/c27-21(24-18-10-12-26(13-11-18)23(29)17-8-9-17)19(15-16-5-2-1-3-6-16)25-22(28)20-7-4-14-30-20/h1-7,14,17-19H,8-13,15H2,(H,24,27)(H,25,28). The fourth-order valence-electron chi connectivity index (χ4n) is 3.83. The lowest BCUT2D eigenvalue weighted by atomic mass is 10.0. The van der Waals surface area contributed by atoms with Gasteiger partial charge in [-0.05, 0) is 43.4 Å². The maximum Gasteiger partial charge on any atom is 0.287 e. The average Bonchev–Trinajstić information content (AvgIpc) is 3.47. The molecule has 1 unspecified atom stereocenters. The summed E-state index contributed by atoms with van der Waals surface area (Å²) in [5.74, 6) is 0.0232. The predicted octanol–water partition coefficient (Wildman–Crippen LogP) is 2.14. The van der Waals surface area contributed by atoms with E-state index in [1.165, 1.54) is 6.26 Å². The van der Waals surface area contributed by atoms with Crippen LogP contribution in [-0.2, 0) is 16.0 Å². The quantitative estimate of drug-likeness (QED) is 0.733. The van der Waals surface area contributed by atoms with Gasteiger partial charge in [-0.2, -0.15) is 0 Å². The fraction of sp³-hybridized carbons (Fsp3) is 0.435. The van der Waals surface area contributed by atoms with Crippen LogP contribution in [0.2, 0.25) is 0 Å². The van der Waals surface area contributed by atoms with Crippen molar-refractivity contribution in [3.8, 4) is 0 Å². The van der Waals surface area contributed by atoms with Gasteiger partial charge in [0.15, 0.2) is 5.76 Å². The van der Waals surface area contributed by atoms with E-state index < -0.39 is 11.9 Å². The first kappa shape index (κ1) is 20.2. The molecule has 158 valence electrons. The number of amides is 3.